The third kappa shape index (κ3) is 6.74. The van der Waals surface area contributed by atoms with Gasteiger partial charge in [0.2, 0.25) is 5.95 Å². The van der Waals surface area contributed by atoms with Gasteiger partial charge in [0.15, 0.2) is 6.29 Å². The highest BCUT2D eigenvalue weighted by molar-refractivity contribution is 6.04. The molecular weight excluding hydrogens is 486 g/mol. The largest absolute Gasteiger partial charge is 0.369 e. The van der Waals surface area contributed by atoms with E-state index in [2.05, 4.69) is 31.2 Å². The lowest BCUT2D eigenvalue weighted by Crippen LogP contribution is -2.47. The summed E-state index contributed by atoms with van der Waals surface area (Å²) in [6.07, 6.45) is 2.34. The molecule has 2 aliphatic heterocycles. The van der Waals surface area contributed by atoms with Crippen molar-refractivity contribution in [3.8, 4) is 6.07 Å². The topological polar surface area (TPSA) is 179 Å². The molecule has 0 spiro atoms. The molecule has 2 fully saturated rings. The van der Waals surface area contributed by atoms with E-state index < -0.39 is 12.2 Å². The number of primary amides is 1. The molecule has 2 saturated heterocycles. The average molecular weight is 522 g/mol. The molecule has 1 aromatic carbocycles. The van der Waals surface area contributed by atoms with Gasteiger partial charge in [-0.25, -0.2) is 4.98 Å². The molecule has 12 nitrogen and oxygen atoms in total. The van der Waals surface area contributed by atoms with Crippen LogP contribution in [0.2, 0.25) is 0 Å². The van der Waals surface area contributed by atoms with E-state index in [4.69, 9.17) is 26.6 Å². The van der Waals surface area contributed by atoms with Crippen LogP contribution in [0.1, 0.15) is 41.7 Å². The number of nitrogens with two attached hydrogens (primary N) is 1. The molecule has 0 saturated carbocycles. The summed E-state index contributed by atoms with van der Waals surface area (Å²) >= 11 is 0. The van der Waals surface area contributed by atoms with Gasteiger partial charge in [-0.15, -0.1) is 0 Å². The highest BCUT2D eigenvalue weighted by Crippen LogP contribution is 2.28. The van der Waals surface area contributed by atoms with Gasteiger partial charge in [0.25, 0.3) is 5.91 Å². The summed E-state index contributed by atoms with van der Waals surface area (Å²) in [6.45, 7) is 5.42. The van der Waals surface area contributed by atoms with Crippen LogP contribution in [0.3, 0.4) is 0 Å². The summed E-state index contributed by atoms with van der Waals surface area (Å²) in [5, 5.41) is 38.2. The zero-order chi connectivity index (χ0) is 27.1. The number of piperazine rings is 1. The Bertz CT molecular complexity index is 1150. The number of aliphatic hydroxyl groups is 2. The molecule has 12 heteroatoms. The van der Waals surface area contributed by atoms with Crippen molar-refractivity contribution in [3.05, 3.63) is 35.5 Å². The molecule has 0 atom stereocenters. The summed E-state index contributed by atoms with van der Waals surface area (Å²) in [7, 11) is 0. The lowest BCUT2D eigenvalue weighted by molar-refractivity contribution is -0.0504. The predicted molar refractivity (Wildman–Crippen MR) is 145 cm³/mol. The highest BCUT2D eigenvalue weighted by Gasteiger charge is 2.25. The number of hydrogen-bond acceptors (Lipinski definition) is 11. The quantitative estimate of drug-likeness (QED) is 0.226. The van der Waals surface area contributed by atoms with Crippen molar-refractivity contribution in [2.45, 2.75) is 32.0 Å². The van der Waals surface area contributed by atoms with E-state index in [0.717, 1.165) is 56.6 Å². The SMILES string of the molecule is N#CCC1CCN(c2nc(C=N)c(C(N)=O)c(Nc3ccc(N4CCN(CCC(O)O)CC4)cc3)n2)CC1. The third-order valence-electron chi connectivity index (χ3n) is 7.16. The number of nitrogens with zero attached hydrogens (tertiary/aromatic N) is 6. The van der Waals surface area contributed by atoms with Crippen LogP contribution in [0, 0.1) is 22.7 Å². The van der Waals surface area contributed by atoms with E-state index in [9.17, 15) is 4.79 Å². The first-order chi connectivity index (χ1) is 18.4. The van der Waals surface area contributed by atoms with Crippen molar-refractivity contribution in [1.29, 1.82) is 10.7 Å². The van der Waals surface area contributed by atoms with Gasteiger partial charge in [0, 0.05) is 76.2 Å². The third-order valence-corrected chi connectivity index (χ3v) is 7.16. The van der Waals surface area contributed by atoms with Crippen LogP contribution >= 0.6 is 0 Å². The Morgan fingerprint density at radius 1 is 1.13 bits per heavy atom. The molecule has 202 valence electrons. The highest BCUT2D eigenvalue weighted by atomic mass is 16.5. The Morgan fingerprint density at radius 2 is 1.82 bits per heavy atom. The van der Waals surface area contributed by atoms with Gasteiger partial charge in [0.1, 0.15) is 17.1 Å². The van der Waals surface area contributed by atoms with Crippen LogP contribution in [0.15, 0.2) is 24.3 Å². The molecule has 6 N–H and O–H groups in total. The number of benzene rings is 1. The number of carbonyl (C=O) groups is 1. The molecular formula is C26H35N9O3. The van der Waals surface area contributed by atoms with E-state index in [1.807, 2.05) is 29.2 Å². The van der Waals surface area contributed by atoms with Crippen molar-refractivity contribution in [1.82, 2.24) is 14.9 Å². The molecule has 3 heterocycles. The first kappa shape index (κ1) is 27.3. The molecule has 2 aromatic rings. The first-order valence-electron chi connectivity index (χ1n) is 12.9. The number of piperidine rings is 1. The minimum absolute atomic E-state index is 0.0660. The Kier molecular flexibility index (Phi) is 9.06. The zero-order valence-corrected chi connectivity index (χ0v) is 21.4. The number of amides is 1. The standard InChI is InChI=1S/C26H35N9O3/c27-9-5-18-6-11-35(12-7-18)26-31-21(17-28)23(24(29)38)25(32-26)30-19-1-3-20(4-2-19)34-15-13-33(14-16-34)10-8-22(36)37/h1-4,17-18,22,28,36-37H,5-8,10-16H2,(H2,29,38)(H,30,31,32). The molecule has 1 amide bonds. The summed E-state index contributed by atoms with van der Waals surface area (Å²) < 4.78 is 0. The second-order valence-electron chi connectivity index (χ2n) is 9.70. The average Bonchev–Trinajstić information content (AvgIpc) is 2.92. The fraction of sp³-hybridized carbons (Fsp3) is 0.500. The van der Waals surface area contributed by atoms with Crippen molar-refractivity contribution in [2.24, 2.45) is 11.7 Å². The minimum Gasteiger partial charge on any atom is -0.369 e. The molecule has 0 unspecified atom stereocenters. The Labute approximate surface area is 222 Å². The second kappa shape index (κ2) is 12.6. The summed E-state index contributed by atoms with van der Waals surface area (Å²) in [5.41, 5.74) is 7.66. The second-order valence-corrected chi connectivity index (χ2v) is 9.70. The van der Waals surface area contributed by atoms with E-state index >= 15 is 0 Å². The predicted octanol–water partition coefficient (Wildman–Crippen LogP) is 1.27. The Morgan fingerprint density at radius 3 is 2.39 bits per heavy atom. The zero-order valence-electron chi connectivity index (χ0n) is 21.4. The van der Waals surface area contributed by atoms with Crippen LogP contribution in [-0.4, -0.2) is 89.3 Å². The molecule has 2 aliphatic rings. The van der Waals surface area contributed by atoms with Gasteiger partial charge in [-0.1, -0.05) is 0 Å². The first-order valence-corrected chi connectivity index (χ1v) is 12.9. The van der Waals surface area contributed by atoms with Crippen LogP contribution in [0.25, 0.3) is 0 Å². The number of rotatable bonds is 10. The molecule has 0 bridgehead atoms. The van der Waals surface area contributed by atoms with Gasteiger partial charge in [-0.3, -0.25) is 9.69 Å². The number of aromatic nitrogens is 2. The van der Waals surface area contributed by atoms with Gasteiger partial charge < -0.3 is 36.5 Å². The molecule has 1 aromatic heterocycles. The number of aliphatic hydroxyl groups excluding tert-OH is 1. The molecule has 0 radical (unpaired) electrons. The van der Waals surface area contributed by atoms with Crippen molar-refractivity contribution < 1.29 is 15.0 Å². The summed E-state index contributed by atoms with van der Waals surface area (Å²) in [4.78, 5) is 27.9. The maximum atomic E-state index is 12.3. The fourth-order valence-electron chi connectivity index (χ4n) is 4.93. The number of nitriles is 1. The van der Waals surface area contributed by atoms with Gasteiger partial charge in [-0.2, -0.15) is 10.2 Å². The maximum Gasteiger partial charge on any atom is 0.254 e. The maximum absolute atomic E-state index is 12.3. The number of nitrogens with one attached hydrogen (secondary N) is 2. The van der Waals surface area contributed by atoms with Crippen molar-refractivity contribution in [2.75, 3.05) is 60.9 Å². The number of hydrogen-bond donors (Lipinski definition) is 5. The summed E-state index contributed by atoms with van der Waals surface area (Å²) in [5.74, 6) is 0.326. The van der Waals surface area contributed by atoms with Crippen molar-refractivity contribution >= 4 is 35.3 Å². The van der Waals surface area contributed by atoms with Gasteiger partial charge >= 0.3 is 0 Å². The van der Waals surface area contributed by atoms with Crippen LogP contribution in [0.5, 0.6) is 0 Å². The Balaban J connectivity index is 1.47. The lowest BCUT2D eigenvalue weighted by atomic mass is 9.94. The summed E-state index contributed by atoms with van der Waals surface area (Å²) in [6, 6.07) is 10.1. The monoisotopic (exact) mass is 521 g/mol. The fourth-order valence-corrected chi connectivity index (χ4v) is 4.93. The number of carbonyl (C=O) groups excluding carboxylic acids is 1. The lowest BCUT2D eigenvalue weighted by Gasteiger charge is -2.36. The van der Waals surface area contributed by atoms with Crippen LogP contribution in [0.4, 0.5) is 23.1 Å². The molecule has 38 heavy (non-hydrogen) atoms. The smallest absolute Gasteiger partial charge is 0.254 e. The van der Waals surface area contributed by atoms with E-state index in [0.29, 0.717) is 44.3 Å². The van der Waals surface area contributed by atoms with Crippen LogP contribution < -0.4 is 20.9 Å². The molecule has 4 rings (SSSR count). The Hall–Kier alpha value is -3.79. The van der Waals surface area contributed by atoms with Crippen LogP contribution in [-0.2, 0) is 0 Å². The van der Waals surface area contributed by atoms with E-state index in [1.165, 1.54) is 0 Å². The van der Waals surface area contributed by atoms with Crippen molar-refractivity contribution in [3.63, 3.8) is 0 Å². The van der Waals surface area contributed by atoms with Gasteiger partial charge in [0.05, 0.1) is 6.07 Å². The normalized spacial score (nSPS) is 16.9. The van der Waals surface area contributed by atoms with E-state index in [1.54, 1.807) is 0 Å². The number of anilines is 4. The molecule has 0 aliphatic carbocycles. The van der Waals surface area contributed by atoms with Gasteiger partial charge in [-0.05, 0) is 43.0 Å². The van der Waals surface area contributed by atoms with E-state index in [-0.39, 0.29) is 17.1 Å². The minimum atomic E-state index is -1.27.